The minimum absolute atomic E-state index is 0.159. The van der Waals surface area contributed by atoms with Crippen molar-refractivity contribution in [2.24, 2.45) is 5.41 Å². The molecule has 1 nitrogen and oxygen atoms in total. The van der Waals surface area contributed by atoms with Gasteiger partial charge in [-0.15, -0.1) is 0 Å². The Bertz CT molecular complexity index is 327. The number of hydrogen-bond acceptors (Lipinski definition) is 1. The molecule has 0 unspecified atom stereocenters. The van der Waals surface area contributed by atoms with Gasteiger partial charge in [-0.25, -0.2) is 4.39 Å². The molecule has 0 amide bonds. The minimum atomic E-state index is -0.159. The summed E-state index contributed by atoms with van der Waals surface area (Å²) in [6.07, 6.45) is 5.36. The standard InChI is InChI=1S/C14H20FN/c1-2-7-14(8-9-14)11-16-10-12-3-5-13(15)6-4-12/h3-6,16H,2,7-11H2,1H3. The first kappa shape index (κ1) is 11.6. The molecule has 1 aliphatic rings. The van der Waals surface area contributed by atoms with Crippen molar-refractivity contribution in [3.05, 3.63) is 35.6 Å². The fourth-order valence-corrected chi connectivity index (χ4v) is 2.30. The molecule has 2 heteroatoms. The van der Waals surface area contributed by atoms with Crippen LogP contribution in [0.25, 0.3) is 0 Å². The summed E-state index contributed by atoms with van der Waals surface area (Å²) < 4.78 is 12.7. The highest BCUT2D eigenvalue weighted by Gasteiger charge is 2.40. The average molecular weight is 221 g/mol. The van der Waals surface area contributed by atoms with E-state index >= 15 is 0 Å². The molecule has 1 fully saturated rings. The lowest BCUT2D eigenvalue weighted by Crippen LogP contribution is -2.23. The van der Waals surface area contributed by atoms with Gasteiger partial charge in [0.25, 0.3) is 0 Å². The molecule has 0 aromatic heterocycles. The Labute approximate surface area is 97.1 Å². The Morgan fingerprint density at radius 1 is 1.25 bits per heavy atom. The van der Waals surface area contributed by atoms with Crippen LogP contribution < -0.4 is 5.32 Å². The molecule has 0 atom stereocenters. The van der Waals surface area contributed by atoms with Crippen molar-refractivity contribution in [1.29, 1.82) is 0 Å². The van der Waals surface area contributed by atoms with Crippen molar-refractivity contribution in [1.82, 2.24) is 5.32 Å². The van der Waals surface area contributed by atoms with Crippen LogP contribution in [0.4, 0.5) is 4.39 Å². The van der Waals surface area contributed by atoms with Gasteiger partial charge in [0.2, 0.25) is 0 Å². The third-order valence-electron chi connectivity index (χ3n) is 3.48. The number of rotatable bonds is 6. The van der Waals surface area contributed by atoms with Crippen LogP contribution in [0.15, 0.2) is 24.3 Å². The van der Waals surface area contributed by atoms with Gasteiger partial charge < -0.3 is 5.32 Å². The molecule has 1 aliphatic carbocycles. The highest BCUT2D eigenvalue weighted by Crippen LogP contribution is 2.48. The van der Waals surface area contributed by atoms with E-state index in [1.54, 1.807) is 0 Å². The smallest absolute Gasteiger partial charge is 0.123 e. The maximum atomic E-state index is 12.7. The van der Waals surface area contributed by atoms with E-state index in [0.29, 0.717) is 5.41 Å². The maximum Gasteiger partial charge on any atom is 0.123 e. The van der Waals surface area contributed by atoms with Crippen LogP contribution in [0.1, 0.15) is 38.2 Å². The van der Waals surface area contributed by atoms with E-state index in [2.05, 4.69) is 12.2 Å². The lowest BCUT2D eigenvalue weighted by Gasteiger charge is -2.14. The fourth-order valence-electron chi connectivity index (χ4n) is 2.30. The van der Waals surface area contributed by atoms with Gasteiger partial charge in [0, 0.05) is 13.1 Å². The average Bonchev–Trinajstić information content (AvgIpc) is 3.02. The van der Waals surface area contributed by atoms with Crippen LogP contribution in [-0.2, 0) is 6.54 Å². The summed E-state index contributed by atoms with van der Waals surface area (Å²) in [4.78, 5) is 0. The quantitative estimate of drug-likeness (QED) is 0.775. The van der Waals surface area contributed by atoms with E-state index in [1.807, 2.05) is 12.1 Å². The molecule has 2 rings (SSSR count). The molecule has 0 bridgehead atoms. The van der Waals surface area contributed by atoms with E-state index in [9.17, 15) is 4.39 Å². The fraction of sp³-hybridized carbons (Fsp3) is 0.571. The van der Waals surface area contributed by atoms with Crippen molar-refractivity contribution in [3.8, 4) is 0 Å². The third-order valence-corrected chi connectivity index (χ3v) is 3.48. The molecule has 0 spiro atoms. The largest absolute Gasteiger partial charge is 0.312 e. The molecule has 0 heterocycles. The van der Waals surface area contributed by atoms with Crippen molar-refractivity contribution < 1.29 is 4.39 Å². The molecule has 88 valence electrons. The van der Waals surface area contributed by atoms with Crippen molar-refractivity contribution in [3.63, 3.8) is 0 Å². The number of hydrogen-bond donors (Lipinski definition) is 1. The predicted octanol–water partition coefficient (Wildman–Crippen LogP) is 3.50. The molecular formula is C14H20FN. The Morgan fingerprint density at radius 3 is 2.50 bits per heavy atom. The van der Waals surface area contributed by atoms with Gasteiger partial charge in [-0.2, -0.15) is 0 Å². The molecule has 16 heavy (non-hydrogen) atoms. The summed E-state index contributed by atoms with van der Waals surface area (Å²) in [5.41, 5.74) is 1.75. The molecule has 0 radical (unpaired) electrons. The molecule has 1 aromatic rings. The highest BCUT2D eigenvalue weighted by atomic mass is 19.1. The Kier molecular flexibility index (Phi) is 3.59. The summed E-state index contributed by atoms with van der Waals surface area (Å²) >= 11 is 0. The summed E-state index contributed by atoms with van der Waals surface area (Å²) in [5, 5.41) is 3.49. The van der Waals surface area contributed by atoms with E-state index in [1.165, 1.54) is 37.8 Å². The van der Waals surface area contributed by atoms with Gasteiger partial charge in [0.05, 0.1) is 0 Å². The van der Waals surface area contributed by atoms with E-state index in [-0.39, 0.29) is 5.82 Å². The molecule has 0 aliphatic heterocycles. The number of halogens is 1. The van der Waals surface area contributed by atoms with E-state index in [0.717, 1.165) is 18.7 Å². The second kappa shape index (κ2) is 4.96. The van der Waals surface area contributed by atoms with Crippen LogP contribution in [-0.4, -0.2) is 6.54 Å². The van der Waals surface area contributed by atoms with Gasteiger partial charge in [0.1, 0.15) is 5.82 Å². The Morgan fingerprint density at radius 2 is 1.94 bits per heavy atom. The van der Waals surface area contributed by atoms with Crippen LogP contribution in [0.5, 0.6) is 0 Å². The van der Waals surface area contributed by atoms with Gasteiger partial charge in [-0.05, 0) is 42.4 Å². The summed E-state index contributed by atoms with van der Waals surface area (Å²) in [6.45, 7) is 4.21. The first-order valence-corrected chi connectivity index (χ1v) is 6.19. The Balaban J connectivity index is 1.74. The number of benzene rings is 1. The van der Waals surface area contributed by atoms with Crippen LogP contribution in [0.3, 0.4) is 0 Å². The Hall–Kier alpha value is -0.890. The zero-order valence-electron chi connectivity index (χ0n) is 9.93. The first-order chi connectivity index (χ1) is 7.74. The maximum absolute atomic E-state index is 12.7. The predicted molar refractivity (Wildman–Crippen MR) is 64.7 cm³/mol. The topological polar surface area (TPSA) is 12.0 Å². The third kappa shape index (κ3) is 3.05. The molecule has 0 saturated heterocycles. The van der Waals surface area contributed by atoms with Crippen molar-refractivity contribution in [2.75, 3.05) is 6.54 Å². The lowest BCUT2D eigenvalue weighted by atomic mass is 10.0. The zero-order valence-corrected chi connectivity index (χ0v) is 9.93. The zero-order chi connectivity index (χ0) is 11.4. The molecular weight excluding hydrogens is 201 g/mol. The van der Waals surface area contributed by atoms with Crippen LogP contribution >= 0.6 is 0 Å². The normalized spacial score (nSPS) is 17.4. The van der Waals surface area contributed by atoms with E-state index < -0.39 is 0 Å². The second-order valence-corrected chi connectivity index (χ2v) is 4.98. The first-order valence-electron chi connectivity index (χ1n) is 6.19. The monoisotopic (exact) mass is 221 g/mol. The summed E-state index contributed by atoms with van der Waals surface area (Å²) in [6, 6.07) is 6.75. The van der Waals surface area contributed by atoms with Crippen molar-refractivity contribution in [2.45, 2.75) is 39.2 Å². The summed E-state index contributed by atoms with van der Waals surface area (Å²) in [5.74, 6) is -0.159. The van der Waals surface area contributed by atoms with Gasteiger partial charge in [-0.3, -0.25) is 0 Å². The second-order valence-electron chi connectivity index (χ2n) is 4.98. The number of nitrogens with one attached hydrogen (secondary N) is 1. The van der Waals surface area contributed by atoms with Gasteiger partial charge in [0.15, 0.2) is 0 Å². The molecule has 1 N–H and O–H groups in total. The lowest BCUT2D eigenvalue weighted by molar-refractivity contribution is 0.421. The highest BCUT2D eigenvalue weighted by molar-refractivity contribution is 5.15. The SMILES string of the molecule is CCCC1(CNCc2ccc(F)cc2)CC1. The van der Waals surface area contributed by atoms with Crippen LogP contribution in [0, 0.1) is 11.2 Å². The minimum Gasteiger partial charge on any atom is -0.312 e. The van der Waals surface area contributed by atoms with Crippen molar-refractivity contribution >= 4 is 0 Å². The van der Waals surface area contributed by atoms with E-state index in [4.69, 9.17) is 0 Å². The van der Waals surface area contributed by atoms with Gasteiger partial charge >= 0.3 is 0 Å². The summed E-state index contributed by atoms with van der Waals surface area (Å²) in [7, 11) is 0. The van der Waals surface area contributed by atoms with Gasteiger partial charge in [-0.1, -0.05) is 25.5 Å². The molecule has 1 saturated carbocycles. The molecule has 1 aromatic carbocycles. The van der Waals surface area contributed by atoms with Crippen LogP contribution in [0.2, 0.25) is 0 Å².